The zero-order valence-electron chi connectivity index (χ0n) is 10.3. The Morgan fingerprint density at radius 1 is 1.33 bits per heavy atom. The predicted molar refractivity (Wildman–Crippen MR) is 60.7 cm³/mol. The van der Waals surface area contributed by atoms with Gasteiger partial charge in [-0.25, -0.2) is 0 Å². The van der Waals surface area contributed by atoms with Crippen LogP contribution in [0.5, 0.6) is 0 Å². The predicted octanol–water partition coefficient (Wildman–Crippen LogP) is 2.06. The van der Waals surface area contributed by atoms with Crippen molar-refractivity contribution >= 4 is 5.91 Å². The summed E-state index contributed by atoms with van der Waals surface area (Å²) in [7, 11) is 0. The maximum absolute atomic E-state index is 13.2. The van der Waals surface area contributed by atoms with Gasteiger partial charge in [-0.15, -0.1) is 0 Å². The summed E-state index contributed by atoms with van der Waals surface area (Å²) in [6.07, 6.45) is -0.871. The summed E-state index contributed by atoms with van der Waals surface area (Å²) in [5.41, 5.74) is 3.23. The normalized spacial score (nSPS) is 29.4. The third-order valence-electron chi connectivity index (χ3n) is 4.34. The smallest absolute Gasteiger partial charge is 0.328 e. The molecule has 2 fully saturated rings. The molecule has 3 nitrogen and oxygen atoms in total. The van der Waals surface area contributed by atoms with Gasteiger partial charge < -0.3 is 10.6 Å². The molecule has 2 aliphatic rings. The quantitative estimate of drug-likeness (QED) is 0.848. The fraction of sp³-hybridized carbons (Fsp3) is 0.917. The Labute approximate surface area is 104 Å². The van der Waals surface area contributed by atoms with E-state index in [2.05, 4.69) is 0 Å². The molecule has 1 saturated heterocycles. The number of hydrogen-bond donors (Lipinski definition) is 1. The van der Waals surface area contributed by atoms with E-state index in [0.29, 0.717) is 6.42 Å². The maximum Gasteiger partial charge on any atom is 0.412 e. The van der Waals surface area contributed by atoms with Crippen LogP contribution < -0.4 is 5.73 Å². The third kappa shape index (κ3) is 2.11. The maximum atomic E-state index is 13.2. The number of carbonyl (C=O) groups is 1. The van der Waals surface area contributed by atoms with E-state index in [-0.39, 0.29) is 31.2 Å². The highest BCUT2D eigenvalue weighted by Crippen LogP contribution is 2.43. The van der Waals surface area contributed by atoms with Crippen molar-refractivity contribution in [1.29, 1.82) is 0 Å². The lowest BCUT2D eigenvalue weighted by molar-refractivity contribution is -0.221. The van der Waals surface area contributed by atoms with Crippen molar-refractivity contribution in [2.75, 3.05) is 13.1 Å². The van der Waals surface area contributed by atoms with Crippen molar-refractivity contribution in [3.63, 3.8) is 0 Å². The summed E-state index contributed by atoms with van der Waals surface area (Å²) in [5, 5.41) is 0. The number of amides is 1. The van der Waals surface area contributed by atoms with Gasteiger partial charge >= 0.3 is 6.18 Å². The molecule has 0 bridgehead atoms. The van der Waals surface area contributed by atoms with Gasteiger partial charge in [-0.1, -0.05) is 6.42 Å². The van der Waals surface area contributed by atoms with Crippen molar-refractivity contribution < 1.29 is 18.0 Å². The van der Waals surface area contributed by atoms with Crippen LogP contribution in [-0.2, 0) is 4.79 Å². The number of hydrogen-bond acceptors (Lipinski definition) is 2. The number of carbonyl (C=O) groups excluding carboxylic acids is 1. The lowest BCUT2D eigenvalue weighted by atomic mass is 9.82. The van der Waals surface area contributed by atoms with E-state index >= 15 is 0 Å². The van der Waals surface area contributed by atoms with Crippen LogP contribution in [0.1, 0.15) is 38.5 Å². The van der Waals surface area contributed by atoms with E-state index in [1.165, 1.54) is 0 Å². The van der Waals surface area contributed by atoms with E-state index in [1.54, 1.807) is 0 Å². The van der Waals surface area contributed by atoms with Crippen molar-refractivity contribution in [3.8, 4) is 0 Å². The van der Waals surface area contributed by atoms with E-state index in [1.807, 2.05) is 0 Å². The molecule has 0 spiro atoms. The molecule has 6 heteroatoms. The first kappa shape index (κ1) is 13.6. The molecule has 104 valence electrons. The van der Waals surface area contributed by atoms with Gasteiger partial charge in [0.1, 0.15) is 0 Å². The Balaban J connectivity index is 2.11. The molecule has 1 heterocycles. The molecular formula is C12H19F3N2O. The van der Waals surface area contributed by atoms with Crippen molar-refractivity contribution in [3.05, 3.63) is 0 Å². The number of rotatable bonds is 3. The molecule has 1 aliphatic heterocycles. The van der Waals surface area contributed by atoms with E-state index in [9.17, 15) is 18.0 Å². The van der Waals surface area contributed by atoms with Crippen LogP contribution in [0.25, 0.3) is 0 Å². The molecule has 1 amide bonds. The average molecular weight is 264 g/mol. The summed E-state index contributed by atoms with van der Waals surface area (Å²) < 4.78 is 39.6. The van der Waals surface area contributed by atoms with Crippen LogP contribution >= 0.6 is 0 Å². The lowest BCUT2D eigenvalue weighted by Crippen LogP contribution is -2.61. The molecule has 0 radical (unpaired) electrons. The number of alkyl halides is 3. The number of nitrogens with zero attached hydrogens (tertiary/aromatic N) is 1. The lowest BCUT2D eigenvalue weighted by Gasteiger charge is -2.40. The van der Waals surface area contributed by atoms with Gasteiger partial charge in [-0.2, -0.15) is 13.2 Å². The second-order valence-corrected chi connectivity index (χ2v) is 5.38. The van der Waals surface area contributed by atoms with Gasteiger partial charge in [0.15, 0.2) is 5.54 Å². The molecule has 1 saturated carbocycles. The van der Waals surface area contributed by atoms with Crippen molar-refractivity contribution in [2.24, 2.45) is 11.7 Å². The first-order chi connectivity index (χ1) is 8.40. The fourth-order valence-electron chi connectivity index (χ4n) is 2.92. The summed E-state index contributed by atoms with van der Waals surface area (Å²) in [6.45, 7) is -0.352. The van der Waals surface area contributed by atoms with Crippen LogP contribution in [0.4, 0.5) is 13.2 Å². The van der Waals surface area contributed by atoms with Crippen LogP contribution in [0.3, 0.4) is 0 Å². The second kappa shape index (κ2) is 4.72. The van der Waals surface area contributed by atoms with Gasteiger partial charge in [0, 0.05) is 19.5 Å². The molecule has 2 N–H and O–H groups in total. The average Bonchev–Trinajstić information content (AvgIpc) is 2.67. The number of likely N-dealkylation sites (tertiary alicyclic amines) is 1. The minimum Gasteiger partial charge on any atom is -0.328 e. The highest BCUT2D eigenvalue weighted by Gasteiger charge is 2.60. The monoisotopic (exact) mass is 264 g/mol. The molecule has 0 aromatic rings. The molecule has 1 unspecified atom stereocenters. The van der Waals surface area contributed by atoms with Gasteiger partial charge in [-0.05, 0) is 31.6 Å². The first-order valence-corrected chi connectivity index (χ1v) is 6.48. The molecule has 1 aliphatic carbocycles. The molecule has 2 rings (SSSR count). The highest BCUT2D eigenvalue weighted by atomic mass is 19.4. The van der Waals surface area contributed by atoms with E-state index in [4.69, 9.17) is 5.73 Å². The second-order valence-electron chi connectivity index (χ2n) is 5.38. The molecular weight excluding hydrogens is 245 g/mol. The Bertz CT molecular complexity index is 328. The Morgan fingerprint density at radius 3 is 2.44 bits per heavy atom. The summed E-state index contributed by atoms with van der Waals surface area (Å²) >= 11 is 0. The Hall–Kier alpha value is -0.780. The SMILES string of the molecule is NCC1(C(F)(F)F)CCCN1C(=O)CC1CCC1. The van der Waals surface area contributed by atoms with Gasteiger partial charge in [0.05, 0.1) is 0 Å². The van der Waals surface area contributed by atoms with Crippen LogP contribution in [0.15, 0.2) is 0 Å². The molecule has 0 aromatic carbocycles. The Kier molecular flexibility index (Phi) is 3.58. The standard InChI is InChI=1S/C12H19F3N2O/c13-12(14,15)11(8-16)5-2-6-17(11)10(18)7-9-3-1-4-9/h9H,1-8,16H2. The van der Waals surface area contributed by atoms with Crippen LogP contribution in [0.2, 0.25) is 0 Å². The van der Waals surface area contributed by atoms with E-state index in [0.717, 1.165) is 24.2 Å². The minimum atomic E-state index is -4.44. The van der Waals surface area contributed by atoms with Gasteiger partial charge in [-0.3, -0.25) is 4.79 Å². The number of halogens is 3. The fourth-order valence-corrected chi connectivity index (χ4v) is 2.92. The zero-order chi connectivity index (χ0) is 13.4. The summed E-state index contributed by atoms with van der Waals surface area (Å²) in [5.74, 6) is -0.0956. The minimum absolute atomic E-state index is 0.0661. The van der Waals surface area contributed by atoms with Crippen LogP contribution in [0, 0.1) is 5.92 Å². The number of nitrogens with two attached hydrogens (primary N) is 1. The third-order valence-corrected chi connectivity index (χ3v) is 4.34. The Morgan fingerprint density at radius 2 is 2.00 bits per heavy atom. The van der Waals surface area contributed by atoms with E-state index < -0.39 is 18.3 Å². The van der Waals surface area contributed by atoms with Gasteiger partial charge in [0.25, 0.3) is 0 Å². The van der Waals surface area contributed by atoms with Gasteiger partial charge in [0.2, 0.25) is 5.91 Å². The largest absolute Gasteiger partial charge is 0.412 e. The summed E-state index contributed by atoms with van der Waals surface area (Å²) in [4.78, 5) is 13.0. The highest BCUT2D eigenvalue weighted by molar-refractivity contribution is 5.78. The van der Waals surface area contributed by atoms with Crippen LogP contribution in [-0.4, -0.2) is 35.6 Å². The topological polar surface area (TPSA) is 46.3 Å². The van der Waals surface area contributed by atoms with Crippen molar-refractivity contribution in [1.82, 2.24) is 4.90 Å². The zero-order valence-corrected chi connectivity index (χ0v) is 10.3. The molecule has 1 atom stereocenters. The first-order valence-electron chi connectivity index (χ1n) is 6.48. The summed E-state index contributed by atoms with van der Waals surface area (Å²) in [6, 6.07) is 0. The van der Waals surface area contributed by atoms with Crippen molar-refractivity contribution in [2.45, 2.75) is 50.2 Å². The molecule has 18 heavy (non-hydrogen) atoms. The molecule has 0 aromatic heterocycles.